The molecule has 0 spiro atoms. The van der Waals surface area contributed by atoms with Crippen molar-refractivity contribution in [2.75, 3.05) is 0 Å². The highest BCUT2D eigenvalue weighted by molar-refractivity contribution is 6.09. The van der Waals surface area contributed by atoms with Gasteiger partial charge in [-0.2, -0.15) is 0 Å². The molecular formula is C42H27NO2. The van der Waals surface area contributed by atoms with Crippen LogP contribution in [0.1, 0.15) is 0 Å². The van der Waals surface area contributed by atoms with Crippen LogP contribution >= 0.6 is 0 Å². The Morgan fingerprint density at radius 3 is 1.47 bits per heavy atom. The third-order valence-electron chi connectivity index (χ3n) is 8.69. The van der Waals surface area contributed by atoms with E-state index in [1.807, 2.05) is 42.5 Å². The highest BCUT2D eigenvalue weighted by Gasteiger charge is 2.22. The van der Waals surface area contributed by atoms with E-state index in [0.29, 0.717) is 0 Å². The van der Waals surface area contributed by atoms with Crippen molar-refractivity contribution in [2.45, 2.75) is 0 Å². The number of fused-ring (bicyclic) bond motifs is 9. The van der Waals surface area contributed by atoms with E-state index in [-0.39, 0.29) is 0 Å². The minimum Gasteiger partial charge on any atom is -0.456 e. The summed E-state index contributed by atoms with van der Waals surface area (Å²) >= 11 is 0. The summed E-state index contributed by atoms with van der Waals surface area (Å²) in [5.74, 6) is 3.10. The highest BCUT2D eigenvalue weighted by Crippen LogP contribution is 2.48. The monoisotopic (exact) mass is 577 g/mol. The van der Waals surface area contributed by atoms with Crippen molar-refractivity contribution in [3.63, 3.8) is 0 Å². The van der Waals surface area contributed by atoms with Crippen LogP contribution in [0.4, 0.5) is 0 Å². The Bertz CT molecular complexity index is 2330. The summed E-state index contributed by atoms with van der Waals surface area (Å²) in [5, 5.41) is 2.45. The van der Waals surface area contributed by atoms with Crippen LogP contribution < -0.4 is 9.47 Å². The van der Waals surface area contributed by atoms with Crippen LogP contribution in [0.3, 0.4) is 0 Å². The van der Waals surface area contributed by atoms with E-state index < -0.39 is 0 Å². The number of hydrogen-bond donors (Lipinski definition) is 0. The third kappa shape index (κ3) is 4.21. The number of para-hydroxylation sites is 4. The molecule has 7 aromatic carbocycles. The fraction of sp³-hybridized carbons (Fsp3) is 0. The fourth-order valence-corrected chi connectivity index (χ4v) is 6.59. The first kappa shape index (κ1) is 25.4. The molecule has 0 unspecified atom stereocenters. The van der Waals surface area contributed by atoms with Crippen LogP contribution in [0.15, 0.2) is 164 Å². The molecule has 0 aliphatic carbocycles. The van der Waals surface area contributed by atoms with Crippen molar-refractivity contribution in [1.29, 1.82) is 0 Å². The Kier molecular flexibility index (Phi) is 5.82. The zero-order valence-electron chi connectivity index (χ0n) is 24.4. The maximum absolute atomic E-state index is 6.94. The molecule has 9 rings (SSSR count). The van der Waals surface area contributed by atoms with Gasteiger partial charge in [0, 0.05) is 44.8 Å². The molecule has 0 amide bonds. The van der Waals surface area contributed by atoms with E-state index in [4.69, 9.17) is 9.47 Å². The molecule has 212 valence electrons. The Balaban J connectivity index is 1.31. The lowest BCUT2D eigenvalue weighted by Gasteiger charge is -2.22. The molecule has 0 fully saturated rings. The minimum atomic E-state index is 0.763. The molecule has 0 atom stereocenters. The second-order valence-electron chi connectivity index (χ2n) is 11.3. The largest absolute Gasteiger partial charge is 0.456 e. The van der Waals surface area contributed by atoms with Crippen LogP contribution in [0.2, 0.25) is 0 Å². The zero-order chi connectivity index (χ0) is 29.7. The molecule has 0 bridgehead atoms. The molecule has 1 aromatic heterocycles. The van der Waals surface area contributed by atoms with E-state index >= 15 is 0 Å². The normalized spacial score (nSPS) is 11.9. The predicted molar refractivity (Wildman–Crippen MR) is 184 cm³/mol. The Morgan fingerprint density at radius 2 is 0.822 bits per heavy atom. The number of rotatable bonds is 2. The van der Waals surface area contributed by atoms with Gasteiger partial charge in [0.05, 0.1) is 11.0 Å². The van der Waals surface area contributed by atoms with Crippen LogP contribution in [0, 0.1) is 0 Å². The molecule has 8 aromatic rings. The molecule has 2 heterocycles. The van der Waals surface area contributed by atoms with Gasteiger partial charge in [0.25, 0.3) is 0 Å². The maximum atomic E-state index is 6.94. The summed E-state index contributed by atoms with van der Waals surface area (Å²) in [4.78, 5) is 0. The standard InChI is InChI=1S/C42H27NO2/c1-2-12-28(13-3-1)29-22-24-35-36-25-23-30(43-37-18-8-4-14-31(37)32-15-5-9-19-38(32)43)27-42(36)45-40-21-11-7-17-34(40)33-16-6-10-20-39(33)44-41(35)26-29/h1-27H. The number of nitrogens with zero attached hydrogens (tertiary/aromatic N) is 1. The summed E-state index contributed by atoms with van der Waals surface area (Å²) in [7, 11) is 0. The van der Waals surface area contributed by atoms with Gasteiger partial charge in [-0.05, 0) is 59.7 Å². The quantitative estimate of drug-likeness (QED) is 0.204. The molecule has 3 nitrogen and oxygen atoms in total. The lowest BCUT2D eigenvalue weighted by molar-refractivity contribution is 0.472. The van der Waals surface area contributed by atoms with Gasteiger partial charge in [-0.15, -0.1) is 0 Å². The molecular weight excluding hydrogens is 550 g/mol. The number of ether oxygens (including phenoxy) is 2. The second-order valence-corrected chi connectivity index (χ2v) is 11.3. The first-order valence-electron chi connectivity index (χ1n) is 15.2. The van der Waals surface area contributed by atoms with Gasteiger partial charge in [0.1, 0.15) is 23.0 Å². The van der Waals surface area contributed by atoms with Gasteiger partial charge < -0.3 is 14.0 Å². The minimum absolute atomic E-state index is 0.763. The molecule has 0 radical (unpaired) electrons. The van der Waals surface area contributed by atoms with Gasteiger partial charge in [0.15, 0.2) is 0 Å². The number of benzene rings is 7. The van der Waals surface area contributed by atoms with Gasteiger partial charge in [-0.3, -0.25) is 0 Å². The van der Waals surface area contributed by atoms with Gasteiger partial charge in [0.2, 0.25) is 0 Å². The number of hydrogen-bond acceptors (Lipinski definition) is 2. The number of aromatic nitrogens is 1. The first-order valence-corrected chi connectivity index (χ1v) is 15.2. The summed E-state index contributed by atoms with van der Waals surface area (Å²) < 4.78 is 16.1. The summed E-state index contributed by atoms with van der Waals surface area (Å²) in [6, 6.07) is 56.9. The van der Waals surface area contributed by atoms with Crippen molar-refractivity contribution in [3.05, 3.63) is 164 Å². The van der Waals surface area contributed by atoms with Crippen molar-refractivity contribution < 1.29 is 9.47 Å². The van der Waals surface area contributed by atoms with Crippen LogP contribution in [0.25, 0.3) is 60.9 Å². The molecule has 1 aliphatic rings. The lowest BCUT2D eigenvalue weighted by atomic mass is 9.97. The molecule has 1 aliphatic heterocycles. The van der Waals surface area contributed by atoms with Gasteiger partial charge in [-0.25, -0.2) is 0 Å². The molecule has 3 heteroatoms. The zero-order valence-corrected chi connectivity index (χ0v) is 24.4. The van der Waals surface area contributed by atoms with Crippen LogP contribution in [0.5, 0.6) is 23.0 Å². The van der Waals surface area contributed by atoms with E-state index in [2.05, 4.69) is 126 Å². The predicted octanol–water partition coefficient (Wildman–Crippen LogP) is 11.7. The van der Waals surface area contributed by atoms with E-state index in [0.717, 1.165) is 73.1 Å². The average Bonchev–Trinajstić information content (AvgIpc) is 3.44. The maximum Gasteiger partial charge on any atom is 0.137 e. The Hall–Kier alpha value is -6.06. The lowest BCUT2D eigenvalue weighted by Crippen LogP contribution is -2.00. The van der Waals surface area contributed by atoms with E-state index in [9.17, 15) is 0 Å². The summed E-state index contributed by atoms with van der Waals surface area (Å²) in [5.41, 5.74) is 9.45. The van der Waals surface area contributed by atoms with Crippen LogP contribution in [-0.2, 0) is 0 Å². The van der Waals surface area contributed by atoms with Gasteiger partial charge >= 0.3 is 0 Å². The topological polar surface area (TPSA) is 23.4 Å². The van der Waals surface area contributed by atoms with Gasteiger partial charge in [-0.1, -0.05) is 109 Å². The third-order valence-corrected chi connectivity index (χ3v) is 8.69. The second kappa shape index (κ2) is 10.3. The SMILES string of the molecule is c1ccc(-c2ccc3c(c2)Oc2ccccc2-c2ccccc2Oc2cc(-n4c5ccccc5c5ccccc54)ccc2-3)cc1. The summed E-state index contributed by atoms with van der Waals surface area (Å²) in [6.07, 6.45) is 0. The fourth-order valence-electron chi connectivity index (χ4n) is 6.59. The van der Waals surface area contributed by atoms with Crippen molar-refractivity contribution in [2.24, 2.45) is 0 Å². The summed E-state index contributed by atoms with van der Waals surface area (Å²) in [6.45, 7) is 0. The van der Waals surface area contributed by atoms with Crippen molar-refractivity contribution in [1.82, 2.24) is 4.57 Å². The Labute approximate surface area is 261 Å². The van der Waals surface area contributed by atoms with Crippen LogP contribution in [-0.4, -0.2) is 4.57 Å². The average molecular weight is 578 g/mol. The highest BCUT2D eigenvalue weighted by atomic mass is 16.5. The first-order chi connectivity index (χ1) is 22.3. The Morgan fingerprint density at radius 1 is 0.333 bits per heavy atom. The molecule has 0 saturated heterocycles. The molecule has 45 heavy (non-hydrogen) atoms. The van der Waals surface area contributed by atoms with E-state index in [1.54, 1.807) is 0 Å². The van der Waals surface area contributed by atoms with Crippen molar-refractivity contribution in [3.8, 4) is 62.1 Å². The van der Waals surface area contributed by atoms with Crippen molar-refractivity contribution >= 4 is 21.8 Å². The molecule has 0 saturated carbocycles. The smallest absolute Gasteiger partial charge is 0.137 e. The van der Waals surface area contributed by atoms with E-state index in [1.165, 1.54) is 10.8 Å². The molecule has 0 N–H and O–H groups in total.